The molecule has 0 saturated carbocycles. The Hall–Kier alpha value is -1.42. The molecule has 0 N–H and O–H groups in total. The predicted molar refractivity (Wildman–Crippen MR) is 49.2 cm³/mol. The van der Waals surface area contributed by atoms with E-state index in [4.69, 9.17) is 14.6 Å². The van der Waals surface area contributed by atoms with Crippen LogP contribution in [0.15, 0.2) is 30.6 Å². The summed E-state index contributed by atoms with van der Waals surface area (Å²) < 4.78 is 7.01. The molecule has 0 aliphatic rings. The highest BCUT2D eigenvalue weighted by molar-refractivity contribution is 5.60. The van der Waals surface area contributed by atoms with Crippen LogP contribution in [0.3, 0.4) is 0 Å². The Morgan fingerprint density at radius 3 is 2.29 bits per heavy atom. The molecule has 1 aromatic heterocycles. The van der Waals surface area contributed by atoms with Crippen molar-refractivity contribution in [3.8, 4) is 0 Å². The van der Waals surface area contributed by atoms with Crippen LogP contribution in [0.2, 0.25) is 0 Å². The molecule has 0 radical (unpaired) electrons. The second kappa shape index (κ2) is 8.19. The number of carbonyl (C=O) groups is 1. The zero-order valence-electron chi connectivity index (χ0n) is 8.47. The number of aliphatic carboxylic acids is 1. The molecule has 0 atom stereocenters. The van der Waals surface area contributed by atoms with Gasteiger partial charge in [0.1, 0.15) is 6.61 Å². The third-order valence-corrected chi connectivity index (χ3v) is 1.33. The summed E-state index contributed by atoms with van der Waals surface area (Å²) in [5.41, 5.74) is 0. The molecule has 1 heterocycles. The number of methoxy groups -OCH3 is 1. The van der Waals surface area contributed by atoms with Gasteiger partial charge in [-0.2, -0.15) is 0 Å². The molecule has 78 valence electrons. The molecule has 4 nitrogen and oxygen atoms in total. The van der Waals surface area contributed by atoms with E-state index in [1.807, 2.05) is 30.6 Å². The van der Waals surface area contributed by atoms with Gasteiger partial charge in [0, 0.05) is 25.2 Å². The standard InChI is InChI=1S/C8H12NO.C2H4O2/c1-10-8-7-9-5-3-2-4-6-9;1-2(3)4/h2-6H,7-8H2,1H3;1H3,(H,3,4)/q+1;/p-1. The fourth-order valence-electron chi connectivity index (χ4n) is 0.780. The minimum absolute atomic E-state index is 0.772. The van der Waals surface area contributed by atoms with Gasteiger partial charge in [0.2, 0.25) is 0 Å². The Labute approximate surface area is 83.8 Å². The summed E-state index contributed by atoms with van der Waals surface area (Å²) in [4.78, 5) is 8.89. The molecule has 1 aromatic rings. The monoisotopic (exact) mass is 197 g/mol. The molecular weight excluding hydrogens is 182 g/mol. The van der Waals surface area contributed by atoms with Crippen molar-refractivity contribution in [3.05, 3.63) is 30.6 Å². The number of hydrogen-bond acceptors (Lipinski definition) is 3. The lowest BCUT2D eigenvalue weighted by Gasteiger charge is -1.93. The summed E-state index contributed by atoms with van der Waals surface area (Å²) >= 11 is 0. The molecule has 0 unspecified atom stereocenters. The number of pyridine rings is 1. The molecule has 4 heteroatoms. The van der Waals surface area contributed by atoms with Crippen molar-refractivity contribution < 1.29 is 19.2 Å². The lowest BCUT2D eigenvalue weighted by Crippen LogP contribution is -2.34. The molecule has 0 spiro atoms. The Kier molecular flexibility index (Phi) is 7.36. The van der Waals surface area contributed by atoms with Crippen molar-refractivity contribution in [3.63, 3.8) is 0 Å². The van der Waals surface area contributed by atoms with Crippen LogP contribution in [-0.4, -0.2) is 19.7 Å². The van der Waals surface area contributed by atoms with Crippen LogP contribution in [0, 0.1) is 0 Å². The molecule has 0 amide bonds. The highest BCUT2D eigenvalue weighted by Gasteiger charge is 1.93. The fourth-order valence-corrected chi connectivity index (χ4v) is 0.780. The Morgan fingerprint density at radius 1 is 1.36 bits per heavy atom. The number of nitrogens with zero attached hydrogens (tertiary/aromatic N) is 1. The van der Waals surface area contributed by atoms with Crippen LogP contribution < -0.4 is 9.67 Å². The van der Waals surface area contributed by atoms with E-state index in [9.17, 15) is 0 Å². The predicted octanol–water partition coefficient (Wildman–Crippen LogP) is -0.623. The van der Waals surface area contributed by atoms with E-state index >= 15 is 0 Å². The lowest BCUT2D eigenvalue weighted by atomic mass is 10.5. The van der Waals surface area contributed by atoms with Gasteiger partial charge >= 0.3 is 0 Å². The van der Waals surface area contributed by atoms with E-state index in [1.54, 1.807) is 7.11 Å². The Bertz CT molecular complexity index is 245. The van der Waals surface area contributed by atoms with Crippen LogP contribution in [0.1, 0.15) is 6.92 Å². The third kappa shape index (κ3) is 8.67. The number of carboxylic acids is 1. The van der Waals surface area contributed by atoms with Crippen molar-refractivity contribution >= 4 is 5.97 Å². The van der Waals surface area contributed by atoms with Crippen LogP contribution in [0.5, 0.6) is 0 Å². The van der Waals surface area contributed by atoms with Gasteiger partial charge in [0.25, 0.3) is 0 Å². The lowest BCUT2D eigenvalue weighted by molar-refractivity contribution is -0.698. The first kappa shape index (κ1) is 12.6. The summed E-state index contributed by atoms with van der Waals surface area (Å²) in [5, 5.41) is 8.89. The average Bonchev–Trinajstić information content (AvgIpc) is 2.15. The van der Waals surface area contributed by atoms with Crippen molar-refractivity contribution in [1.29, 1.82) is 0 Å². The first-order valence-electron chi connectivity index (χ1n) is 4.27. The molecular formula is C10H15NO3. The maximum atomic E-state index is 8.89. The zero-order chi connectivity index (χ0) is 10.8. The average molecular weight is 197 g/mol. The number of carboxylic acid groups (broad SMARTS) is 1. The van der Waals surface area contributed by atoms with Crippen LogP contribution >= 0.6 is 0 Å². The molecule has 14 heavy (non-hydrogen) atoms. The van der Waals surface area contributed by atoms with Gasteiger partial charge in [-0.15, -0.1) is 0 Å². The van der Waals surface area contributed by atoms with Gasteiger partial charge in [-0.3, -0.25) is 0 Å². The molecule has 1 rings (SSSR count). The second-order valence-electron chi connectivity index (χ2n) is 2.60. The van der Waals surface area contributed by atoms with E-state index in [0.29, 0.717) is 0 Å². The fraction of sp³-hybridized carbons (Fsp3) is 0.400. The first-order chi connectivity index (χ1) is 6.66. The van der Waals surface area contributed by atoms with Crippen LogP contribution in [0.4, 0.5) is 0 Å². The van der Waals surface area contributed by atoms with Crippen LogP contribution in [-0.2, 0) is 16.1 Å². The number of hydrogen-bond donors (Lipinski definition) is 0. The Balaban J connectivity index is 0.000000364. The van der Waals surface area contributed by atoms with Crippen LogP contribution in [0.25, 0.3) is 0 Å². The summed E-state index contributed by atoms with van der Waals surface area (Å²) in [6.07, 6.45) is 4.05. The molecule has 0 aromatic carbocycles. The van der Waals surface area contributed by atoms with E-state index in [-0.39, 0.29) is 0 Å². The largest absolute Gasteiger partial charge is 0.550 e. The highest BCUT2D eigenvalue weighted by Crippen LogP contribution is 1.76. The Morgan fingerprint density at radius 2 is 1.86 bits per heavy atom. The highest BCUT2D eigenvalue weighted by atomic mass is 16.5. The molecule has 0 saturated heterocycles. The smallest absolute Gasteiger partial charge is 0.171 e. The SMILES string of the molecule is CC(=O)[O-].COCC[n+]1ccccc1. The van der Waals surface area contributed by atoms with Gasteiger partial charge in [-0.1, -0.05) is 6.07 Å². The number of rotatable bonds is 3. The summed E-state index contributed by atoms with van der Waals surface area (Å²) in [7, 11) is 1.71. The minimum atomic E-state index is -1.08. The minimum Gasteiger partial charge on any atom is -0.550 e. The number of ether oxygens (including phenoxy) is 1. The van der Waals surface area contributed by atoms with Gasteiger partial charge in [0.15, 0.2) is 18.9 Å². The first-order valence-corrected chi connectivity index (χ1v) is 4.27. The molecule has 0 bridgehead atoms. The van der Waals surface area contributed by atoms with Crippen molar-refractivity contribution in [2.24, 2.45) is 0 Å². The molecule has 0 aliphatic heterocycles. The topological polar surface area (TPSA) is 53.2 Å². The quantitative estimate of drug-likeness (QED) is 0.607. The zero-order valence-corrected chi connectivity index (χ0v) is 8.47. The molecule has 0 aliphatic carbocycles. The maximum absolute atomic E-state index is 8.89. The van der Waals surface area contributed by atoms with Gasteiger partial charge in [-0.25, -0.2) is 4.57 Å². The van der Waals surface area contributed by atoms with Crippen molar-refractivity contribution in [2.75, 3.05) is 13.7 Å². The van der Waals surface area contributed by atoms with E-state index < -0.39 is 5.97 Å². The third-order valence-electron chi connectivity index (χ3n) is 1.33. The normalized spacial score (nSPS) is 8.71. The maximum Gasteiger partial charge on any atom is 0.171 e. The van der Waals surface area contributed by atoms with Gasteiger partial charge < -0.3 is 14.6 Å². The summed E-state index contributed by atoms with van der Waals surface area (Å²) in [5.74, 6) is -1.08. The van der Waals surface area contributed by atoms with E-state index in [0.717, 1.165) is 20.1 Å². The van der Waals surface area contributed by atoms with Gasteiger partial charge in [-0.05, 0) is 6.92 Å². The number of carbonyl (C=O) groups excluding carboxylic acids is 1. The summed E-state index contributed by atoms with van der Waals surface area (Å²) in [6.45, 7) is 2.67. The number of aromatic nitrogens is 1. The van der Waals surface area contributed by atoms with Gasteiger partial charge in [0.05, 0.1) is 0 Å². The van der Waals surface area contributed by atoms with Crippen molar-refractivity contribution in [1.82, 2.24) is 0 Å². The van der Waals surface area contributed by atoms with E-state index in [2.05, 4.69) is 4.57 Å². The second-order valence-corrected chi connectivity index (χ2v) is 2.60. The van der Waals surface area contributed by atoms with Crippen molar-refractivity contribution in [2.45, 2.75) is 13.5 Å². The van der Waals surface area contributed by atoms with E-state index in [1.165, 1.54) is 0 Å². The molecule has 0 fully saturated rings. The summed E-state index contributed by atoms with van der Waals surface area (Å²) in [6, 6.07) is 6.02.